The molecule has 152 valence electrons. The van der Waals surface area contributed by atoms with Crippen molar-refractivity contribution in [2.45, 2.75) is 18.9 Å². The lowest BCUT2D eigenvalue weighted by atomic mass is 10.2. The molecule has 1 aromatic carbocycles. The lowest BCUT2D eigenvalue weighted by molar-refractivity contribution is -0.122. The smallest absolute Gasteiger partial charge is 0.243 e. The first kappa shape index (κ1) is 21.1. The molecule has 0 saturated heterocycles. The molecule has 0 aliphatic heterocycles. The summed E-state index contributed by atoms with van der Waals surface area (Å²) in [6.45, 7) is 3.49. The molecule has 0 unspecified atom stereocenters. The Morgan fingerprint density at radius 1 is 1.10 bits per heavy atom. The van der Waals surface area contributed by atoms with Gasteiger partial charge in [-0.2, -0.15) is 0 Å². The van der Waals surface area contributed by atoms with Gasteiger partial charge in [-0.05, 0) is 31.5 Å². The number of nitrogens with one attached hydrogen (secondary N) is 2. The van der Waals surface area contributed by atoms with Crippen molar-refractivity contribution in [2.24, 2.45) is 0 Å². The highest BCUT2D eigenvalue weighted by Gasteiger charge is 2.16. The number of aromatic nitrogens is 2. The summed E-state index contributed by atoms with van der Waals surface area (Å²) in [5, 5.41) is 6.03. The second kappa shape index (κ2) is 8.78. The van der Waals surface area contributed by atoms with E-state index in [0.717, 1.165) is 26.7 Å². The Kier molecular flexibility index (Phi) is 6.38. The van der Waals surface area contributed by atoms with Gasteiger partial charge in [0.15, 0.2) is 17.5 Å². The number of hydrogen-bond donors (Lipinski definition) is 2. The number of amides is 2. The standard InChI is InChI=1S/C18H15F3N4O2S2/c1-8-9(2)29-18-14(8)17(23-7-24-18)28-6-13(27)22-5-12(26)25-11-4-3-10(19)15(20)16(11)21/h3-4,7H,5-6H2,1-2H3,(H,22,27)(H,25,26). The van der Waals surface area contributed by atoms with E-state index in [1.807, 2.05) is 13.8 Å². The second-order valence-corrected chi connectivity index (χ2v) is 8.15. The fourth-order valence-electron chi connectivity index (χ4n) is 2.44. The van der Waals surface area contributed by atoms with E-state index in [-0.39, 0.29) is 5.75 Å². The topological polar surface area (TPSA) is 84.0 Å². The highest BCUT2D eigenvalue weighted by Crippen LogP contribution is 2.34. The molecule has 0 atom stereocenters. The van der Waals surface area contributed by atoms with Crippen LogP contribution in [-0.2, 0) is 9.59 Å². The van der Waals surface area contributed by atoms with Crippen molar-refractivity contribution >= 4 is 50.8 Å². The summed E-state index contributed by atoms with van der Waals surface area (Å²) >= 11 is 2.75. The molecule has 11 heteroatoms. The average Bonchev–Trinajstić information content (AvgIpc) is 2.99. The number of nitrogens with zero attached hydrogens (tertiary/aromatic N) is 2. The van der Waals surface area contributed by atoms with Crippen molar-refractivity contribution in [2.75, 3.05) is 17.6 Å². The fraction of sp³-hybridized carbons (Fsp3) is 0.222. The first-order chi connectivity index (χ1) is 13.8. The third kappa shape index (κ3) is 4.67. The molecule has 2 aromatic heterocycles. The molecular weight excluding hydrogens is 425 g/mol. The Morgan fingerprint density at radius 3 is 2.62 bits per heavy atom. The molecule has 0 bridgehead atoms. The Labute approximate surface area is 171 Å². The lowest BCUT2D eigenvalue weighted by Crippen LogP contribution is -2.34. The van der Waals surface area contributed by atoms with Gasteiger partial charge in [0.05, 0.1) is 18.0 Å². The van der Waals surface area contributed by atoms with Crippen LogP contribution >= 0.6 is 23.1 Å². The van der Waals surface area contributed by atoms with Crippen LogP contribution in [0.1, 0.15) is 10.4 Å². The molecule has 2 amide bonds. The summed E-state index contributed by atoms with van der Waals surface area (Å²) in [7, 11) is 0. The zero-order valence-corrected chi connectivity index (χ0v) is 16.9. The van der Waals surface area contributed by atoms with E-state index in [9.17, 15) is 22.8 Å². The summed E-state index contributed by atoms with van der Waals surface area (Å²) < 4.78 is 39.6. The van der Waals surface area contributed by atoms with Crippen LogP contribution in [0, 0.1) is 31.3 Å². The minimum atomic E-state index is -1.68. The quantitative estimate of drug-likeness (QED) is 0.348. The van der Waals surface area contributed by atoms with Gasteiger partial charge in [-0.15, -0.1) is 11.3 Å². The molecule has 0 radical (unpaired) electrons. The van der Waals surface area contributed by atoms with E-state index in [1.54, 1.807) is 11.3 Å². The largest absolute Gasteiger partial charge is 0.346 e. The first-order valence-electron chi connectivity index (χ1n) is 8.31. The van der Waals surface area contributed by atoms with Crippen LogP contribution in [0.2, 0.25) is 0 Å². The normalized spacial score (nSPS) is 10.9. The average molecular weight is 440 g/mol. The molecule has 3 aromatic rings. The van der Waals surface area contributed by atoms with Gasteiger partial charge in [0, 0.05) is 10.3 Å². The SMILES string of the molecule is Cc1sc2ncnc(SCC(=O)NCC(=O)Nc3ccc(F)c(F)c3F)c2c1C. The van der Waals surface area contributed by atoms with Gasteiger partial charge < -0.3 is 10.6 Å². The van der Waals surface area contributed by atoms with E-state index in [1.165, 1.54) is 18.1 Å². The third-order valence-electron chi connectivity index (χ3n) is 4.03. The van der Waals surface area contributed by atoms with Gasteiger partial charge in [0.25, 0.3) is 0 Å². The van der Waals surface area contributed by atoms with Gasteiger partial charge in [-0.1, -0.05) is 11.8 Å². The Balaban J connectivity index is 1.54. The van der Waals surface area contributed by atoms with Crippen LogP contribution in [0.5, 0.6) is 0 Å². The van der Waals surface area contributed by atoms with Crippen LogP contribution in [0.15, 0.2) is 23.5 Å². The zero-order valence-electron chi connectivity index (χ0n) is 15.3. The van der Waals surface area contributed by atoms with Gasteiger partial charge in [0.2, 0.25) is 11.8 Å². The molecule has 29 heavy (non-hydrogen) atoms. The number of thioether (sulfide) groups is 1. The number of carbonyl (C=O) groups excluding carboxylic acids is 2. The van der Waals surface area contributed by atoms with Crippen molar-refractivity contribution < 1.29 is 22.8 Å². The summed E-state index contributed by atoms with van der Waals surface area (Å²) in [5.74, 6) is -5.75. The molecule has 0 fully saturated rings. The van der Waals surface area contributed by atoms with E-state index >= 15 is 0 Å². The lowest BCUT2D eigenvalue weighted by Gasteiger charge is -2.08. The number of anilines is 1. The number of benzene rings is 1. The molecule has 0 spiro atoms. The maximum Gasteiger partial charge on any atom is 0.243 e. The van der Waals surface area contributed by atoms with E-state index < -0.39 is 41.5 Å². The van der Waals surface area contributed by atoms with Crippen LogP contribution in [0.4, 0.5) is 18.9 Å². The predicted octanol–water partition coefficient (Wildman–Crippen LogP) is 3.57. The fourth-order valence-corrected chi connectivity index (χ4v) is 4.39. The molecule has 2 heterocycles. The third-order valence-corrected chi connectivity index (χ3v) is 6.13. The van der Waals surface area contributed by atoms with Crippen molar-refractivity contribution in [1.29, 1.82) is 0 Å². The minimum Gasteiger partial charge on any atom is -0.346 e. The van der Waals surface area contributed by atoms with Gasteiger partial charge >= 0.3 is 0 Å². The van der Waals surface area contributed by atoms with E-state index in [0.29, 0.717) is 11.1 Å². The van der Waals surface area contributed by atoms with Crippen LogP contribution in [-0.4, -0.2) is 34.1 Å². The Hall–Kier alpha value is -2.66. The molecule has 6 nitrogen and oxygen atoms in total. The van der Waals surface area contributed by atoms with Crippen LogP contribution in [0.3, 0.4) is 0 Å². The van der Waals surface area contributed by atoms with Gasteiger partial charge in [-0.25, -0.2) is 23.1 Å². The minimum absolute atomic E-state index is 0.00721. The first-order valence-corrected chi connectivity index (χ1v) is 10.1. The number of fused-ring (bicyclic) bond motifs is 1. The summed E-state index contributed by atoms with van der Waals surface area (Å²) in [5.41, 5.74) is 0.547. The summed E-state index contributed by atoms with van der Waals surface area (Å²) in [6, 6.07) is 1.59. The molecular formula is C18H15F3N4O2S2. The highest BCUT2D eigenvalue weighted by molar-refractivity contribution is 8.00. The van der Waals surface area contributed by atoms with Crippen molar-refractivity contribution in [3.63, 3.8) is 0 Å². The monoisotopic (exact) mass is 440 g/mol. The maximum absolute atomic E-state index is 13.6. The number of carbonyl (C=O) groups is 2. The zero-order chi connectivity index (χ0) is 21.1. The molecule has 0 saturated carbocycles. The number of aryl methyl sites for hydroxylation is 2. The van der Waals surface area contributed by atoms with E-state index in [2.05, 4.69) is 20.6 Å². The van der Waals surface area contributed by atoms with Gasteiger partial charge in [0.1, 0.15) is 16.2 Å². The van der Waals surface area contributed by atoms with Gasteiger partial charge in [-0.3, -0.25) is 9.59 Å². The van der Waals surface area contributed by atoms with Crippen molar-refractivity contribution in [1.82, 2.24) is 15.3 Å². The molecule has 0 aliphatic carbocycles. The number of thiophene rings is 1. The van der Waals surface area contributed by atoms with Crippen LogP contribution < -0.4 is 10.6 Å². The predicted molar refractivity (Wildman–Crippen MR) is 106 cm³/mol. The summed E-state index contributed by atoms with van der Waals surface area (Å²) in [4.78, 5) is 34.3. The van der Waals surface area contributed by atoms with Crippen molar-refractivity contribution in [3.05, 3.63) is 46.4 Å². The summed E-state index contributed by atoms with van der Waals surface area (Å²) in [6.07, 6.45) is 1.43. The second-order valence-electron chi connectivity index (χ2n) is 5.98. The Morgan fingerprint density at radius 2 is 1.86 bits per heavy atom. The Bertz CT molecular complexity index is 1100. The number of halogens is 3. The van der Waals surface area contributed by atoms with E-state index in [4.69, 9.17) is 0 Å². The molecule has 0 aliphatic rings. The number of hydrogen-bond acceptors (Lipinski definition) is 6. The maximum atomic E-state index is 13.6. The van der Waals surface area contributed by atoms with Crippen LogP contribution in [0.25, 0.3) is 10.2 Å². The highest BCUT2D eigenvalue weighted by atomic mass is 32.2. The number of rotatable bonds is 6. The van der Waals surface area contributed by atoms with Crippen molar-refractivity contribution in [3.8, 4) is 0 Å². The molecule has 3 rings (SSSR count). The molecule has 2 N–H and O–H groups in total.